The largest absolute Gasteiger partial charge is 0.493 e. The van der Waals surface area contributed by atoms with Crippen LogP contribution in [0, 0.1) is 5.92 Å². The number of carbonyl (C=O) groups excluding carboxylic acids is 2. The van der Waals surface area contributed by atoms with Gasteiger partial charge in [-0.3, -0.25) is 14.8 Å². The van der Waals surface area contributed by atoms with Gasteiger partial charge in [0.1, 0.15) is 12.1 Å². The standard InChI is InChI=1S/C40H51N3O6/c1-46-35-25-32(26-36(47-2)38(35)48-3)37(31-17-5-4-6-18-31)39(44)43-24-8-7-21-34(43)40(45)49-33(19-9-13-29-15-11-22-41-27-29)20-10-14-30-16-12-23-42-28-30/h5,11-12,15-17,22-23,25-28,31,33-34,37H,4,6-10,13-14,18-21,24H2,1-3H3/t31-,34+,37+/m1/s1. The summed E-state index contributed by atoms with van der Waals surface area (Å²) in [5.74, 6) is 0.607. The molecule has 1 aromatic carbocycles. The van der Waals surface area contributed by atoms with E-state index >= 15 is 0 Å². The minimum atomic E-state index is -0.627. The molecule has 0 spiro atoms. The Balaban J connectivity index is 1.35. The van der Waals surface area contributed by atoms with Gasteiger partial charge in [0.05, 0.1) is 27.2 Å². The van der Waals surface area contributed by atoms with Crippen molar-refractivity contribution in [3.63, 3.8) is 0 Å². The van der Waals surface area contributed by atoms with Gasteiger partial charge in [0, 0.05) is 31.3 Å². The van der Waals surface area contributed by atoms with E-state index in [1.165, 1.54) is 11.1 Å². The fourth-order valence-corrected chi connectivity index (χ4v) is 7.25. The van der Waals surface area contributed by atoms with Crippen LogP contribution in [0.3, 0.4) is 0 Å². The molecule has 262 valence electrons. The summed E-state index contributed by atoms with van der Waals surface area (Å²) >= 11 is 0. The number of aryl methyl sites for hydroxylation is 2. The van der Waals surface area contributed by atoms with Gasteiger partial charge in [-0.05, 0) is 124 Å². The molecule has 1 aliphatic carbocycles. The lowest BCUT2D eigenvalue weighted by Crippen LogP contribution is -2.51. The Morgan fingerprint density at radius 2 is 1.51 bits per heavy atom. The van der Waals surface area contributed by atoms with E-state index in [0.717, 1.165) is 76.2 Å². The Morgan fingerprint density at radius 1 is 0.857 bits per heavy atom. The lowest BCUT2D eigenvalue weighted by atomic mass is 9.78. The van der Waals surface area contributed by atoms with Crippen LogP contribution in [0.2, 0.25) is 0 Å². The van der Waals surface area contributed by atoms with Gasteiger partial charge < -0.3 is 23.8 Å². The maximum absolute atomic E-state index is 14.8. The second-order valence-electron chi connectivity index (χ2n) is 13.1. The zero-order chi connectivity index (χ0) is 34.4. The van der Waals surface area contributed by atoms with E-state index in [0.29, 0.717) is 30.2 Å². The topological polar surface area (TPSA) is 100 Å². The van der Waals surface area contributed by atoms with Crippen LogP contribution < -0.4 is 14.2 Å². The number of pyridine rings is 2. The molecule has 0 saturated carbocycles. The molecule has 2 aromatic heterocycles. The van der Waals surface area contributed by atoms with Crippen LogP contribution in [0.4, 0.5) is 0 Å². The molecule has 0 N–H and O–H groups in total. The molecule has 0 bridgehead atoms. The highest BCUT2D eigenvalue weighted by molar-refractivity contribution is 5.90. The van der Waals surface area contributed by atoms with Crippen molar-refractivity contribution < 1.29 is 28.5 Å². The van der Waals surface area contributed by atoms with E-state index < -0.39 is 12.0 Å². The third kappa shape index (κ3) is 9.61. The van der Waals surface area contributed by atoms with Crippen LogP contribution in [0.15, 0.2) is 73.3 Å². The molecule has 49 heavy (non-hydrogen) atoms. The molecule has 2 aliphatic rings. The molecule has 9 heteroatoms. The van der Waals surface area contributed by atoms with Gasteiger partial charge >= 0.3 is 5.97 Å². The molecular formula is C40H51N3O6. The van der Waals surface area contributed by atoms with E-state index in [9.17, 15) is 9.59 Å². The molecule has 5 rings (SSSR count). The molecule has 0 unspecified atom stereocenters. The Bertz CT molecular complexity index is 1440. The van der Waals surface area contributed by atoms with Crippen molar-refractivity contribution in [3.05, 3.63) is 90.0 Å². The first-order valence-corrected chi connectivity index (χ1v) is 17.8. The summed E-state index contributed by atoms with van der Waals surface area (Å²) in [6.07, 6.45) is 21.6. The fourth-order valence-electron chi connectivity index (χ4n) is 7.25. The highest BCUT2D eigenvalue weighted by Gasteiger charge is 2.40. The predicted molar refractivity (Wildman–Crippen MR) is 189 cm³/mol. The molecule has 3 aromatic rings. The average molecular weight is 670 g/mol. The Morgan fingerprint density at radius 3 is 2.04 bits per heavy atom. The van der Waals surface area contributed by atoms with Gasteiger partial charge in [0.25, 0.3) is 0 Å². The number of rotatable bonds is 16. The third-order valence-electron chi connectivity index (χ3n) is 9.80. The van der Waals surface area contributed by atoms with E-state index in [-0.39, 0.29) is 23.9 Å². The number of nitrogens with zero attached hydrogens (tertiary/aromatic N) is 3. The van der Waals surface area contributed by atoms with Crippen LogP contribution in [-0.2, 0) is 27.2 Å². The molecule has 3 atom stereocenters. The number of hydrogen-bond donors (Lipinski definition) is 0. The number of ether oxygens (including phenoxy) is 4. The molecular weight excluding hydrogens is 618 g/mol. The van der Waals surface area contributed by atoms with Crippen molar-refractivity contribution in [1.82, 2.24) is 14.9 Å². The molecule has 0 radical (unpaired) electrons. The van der Waals surface area contributed by atoms with Crippen molar-refractivity contribution >= 4 is 11.9 Å². The van der Waals surface area contributed by atoms with Gasteiger partial charge in [0.2, 0.25) is 11.7 Å². The minimum absolute atomic E-state index is 0.0182. The van der Waals surface area contributed by atoms with Crippen molar-refractivity contribution in [3.8, 4) is 17.2 Å². The summed E-state index contributed by atoms with van der Waals surface area (Å²) < 4.78 is 23.3. The van der Waals surface area contributed by atoms with E-state index in [2.05, 4.69) is 34.3 Å². The van der Waals surface area contributed by atoms with Crippen LogP contribution >= 0.6 is 0 Å². The quantitative estimate of drug-likeness (QED) is 0.116. The predicted octanol–water partition coefficient (Wildman–Crippen LogP) is 7.28. The summed E-state index contributed by atoms with van der Waals surface area (Å²) in [5.41, 5.74) is 3.13. The van der Waals surface area contributed by atoms with Gasteiger partial charge in [-0.2, -0.15) is 0 Å². The number of likely N-dealkylation sites (tertiary alicyclic amines) is 1. The van der Waals surface area contributed by atoms with Crippen molar-refractivity contribution in [1.29, 1.82) is 0 Å². The SMILES string of the molecule is COc1cc([C@@H](C(=O)N2CCCC[C@H]2C(=O)OC(CCCc2cccnc2)CCCc2cccnc2)[C@@H]2C=CCCC2)cc(OC)c1OC. The lowest BCUT2D eigenvalue weighted by Gasteiger charge is -2.39. The zero-order valence-electron chi connectivity index (χ0n) is 29.2. The van der Waals surface area contributed by atoms with Crippen LogP contribution in [0.25, 0.3) is 0 Å². The molecule has 9 nitrogen and oxygen atoms in total. The molecule has 1 amide bonds. The van der Waals surface area contributed by atoms with Crippen molar-refractivity contribution in [2.45, 2.75) is 95.1 Å². The summed E-state index contributed by atoms with van der Waals surface area (Å²) in [6, 6.07) is 11.2. The Labute approximate surface area is 291 Å². The van der Waals surface area contributed by atoms with E-state index in [4.69, 9.17) is 18.9 Å². The monoisotopic (exact) mass is 669 g/mol. The van der Waals surface area contributed by atoms with E-state index in [1.807, 2.05) is 36.7 Å². The maximum Gasteiger partial charge on any atom is 0.329 e. The van der Waals surface area contributed by atoms with Crippen molar-refractivity contribution in [2.75, 3.05) is 27.9 Å². The summed E-state index contributed by atoms with van der Waals surface area (Å²) in [5, 5.41) is 0. The highest BCUT2D eigenvalue weighted by Crippen LogP contribution is 2.44. The van der Waals surface area contributed by atoms with E-state index in [1.54, 1.807) is 38.6 Å². The first-order valence-electron chi connectivity index (χ1n) is 17.8. The van der Waals surface area contributed by atoms with Crippen LogP contribution in [-0.4, -0.2) is 66.8 Å². The number of allylic oxidation sites excluding steroid dienone is 2. The number of hydrogen-bond acceptors (Lipinski definition) is 8. The summed E-state index contributed by atoms with van der Waals surface area (Å²) in [4.78, 5) is 39.2. The minimum Gasteiger partial charge on any atom is -0.493 e. The second kappa shape index (κ2) is 18.4. The lowest BCUT2D eigenvalue weighted by molar-refractivity contribution is -0.162. The molecule has 1 aliphatic heterocycles. The van der Waals surface area contributed by atoms with Gasteiger partial charge in [-0.15, -0.1) is 0 Å². The number of aromatic nitrogens is 2. The smallest absolute Gasteiger partial charge is 0.329 e. The molecule has 1 saturated heterocycles. The summed E-state index contributed by atoms with van der Waals surface area (Å²) in [6.45, 7) is 0.517. The number of piperidine rings is 1. The summed E-state index contributed by atoms with van der Waals surface area (Å²) in [7, 11) is 4.74. The van der Waals surface area contributed by atoms with Gasteiger partial charge in [-0.25, -0.2) is 4.79 Å². The Hall–Kier alpha value is -4.40. The maximum atomic E-state index is 14.8. The first kappa shape index (κ1) is 35.9. The fraction of sp³-hybridized carbons (Fsp3) is 0.500. The average Bonchev–Trinajstić information content (AvgIpc) is 3.15. The second-order valence-corrected chi connectivity index (χ2v) is 13.1. The number of methoxy groups -OCH3 is 3. The number of benzene rings is 1. The first-order chi connectivity index (χ1) is 24.0. The van der Waals surface area contributed by atoms with Crippen molar-refractivity contribution in [2.24, 2.45) is 5.92 Å². The van der Waals surface area contributed by atoms with Gasteiger partial charge in [0.15, 0.2) is 11.5 Å². The Kier molecular flexibility index (Phi) is 13.5. The van der Waals surface area contributed by atoms with Crippen LogP contribution in [0.5, 0.6) is 17.2 Å². The molecule has 3 heterocycles. The van der Waals surface area contributed by atoms with Crippen LogP contribution in [0.1, 0.15) is 86.8 Å². The number of esters is 1. The molecule has 1 fully saturated rings. The number of carbonyl (C=O) groups is 2. The third-order valence-corrected chi connectivity index (χ3v) is 9.80. The van der Waals surface area contributed by atoms with Gasteiger partial charge in [-0.1, -0.05) is 24.3 Å². The number of amides is 1. The zero-order valence-corrected chi connectivity index (χ0v) is 29.2. The highest BCUT2D eigenvalue weighted by atomic mass is 16.5. The normalized spacial score (nSPS) is 18.2.